The Hall–Kier alpha value is -4.44. The van der Waals surface area contributed by atoms with Crippen LogP contribution in [-0.2, 0) is 21.9 Å². The Morgan fingerprint density at radius 1 is 1.00 bits per heavy atom. The summed E-state index contributed by atoms with van der Waals surface area (Å²) >= 11 is 6.09. The second-order valence-corrected chi connectivity index (χ2v) is 10.6. The molecule has 2 amide bonds. The summed E-state index contributed by atoms with van der Waals surface area (Å²) in [6.07, 6.45) is -9.03. The first-order valence-corrected chi connectivity index (χ1v) is 13.1. The fourth-order valence-electron chi connectivity index (χ4n) is 3.85. The smallest absolute Gasteiger partial charge is 0.416 e. The molecule has 16 heteroatoms. The van der Waals surface area contributed by atoms with Crippen molar-refractivity contribution in [3.8, 4) is 17.0 Å². The number of hydrogen-bond donors (Lipinski definition) is 3. The van der Waals surface area contributed by atoms with Crippen LogP contribution >= 0.6 is 24.0 Å². The van der Waals surface area contributed by atoms with Crippen LogP contribution in [0.4, 0.5) is 32.0 Å². The number of thioether (sulfide) groups is 1. The molecule has 1 aromatic heterocycles. The van der Waals surface area contributed by atoms with Gasteiger partial charge in [-0.1, -0.05) is 30.0 Å². The summed E-state index contributed by atoms with van der Waals surface area (Å²) in [5.41, 5.74) is -3.80. The monoisotopic (exact) mass is 641 g/mol. The van der Waals surface area contributed by atoms with Crippen molar-refractivity contribution in [3.63, 3.8) is 0 Å². The lowest BCUT2D eigenvalue weighted by atomic mass is 10.0. The molecule has 3 aromatic rings. The largest absolute Gasteiger partial charge is 0.507 e. The molecule has 224 valence electrons. The predicted molar refractivity (Wildman–Crippen MR) is 148 cm³/mol. The van der Waals surface area contributed by atoms with E-state index >= 15 is 0 Å². The molecule has 0 saturated carbocycles. The Labute approximate surface area is 248 Å². The van der Waals surface area contributed by atoms with Crippen molar-refractivity contribution in [1.82, 2.24) is 9.88 Å². The Balaban J connectivity index is 1.49. The van der Waals surface area contributed by atoms with Gasteiger partial charge in [-0.05, 0) is 48.5 Å². The molecule has 1 aliphatic rings. The average molecular weight is 642 g/mol. The zero-order valence-electron chi connectivity index (χ0n) is 21.3. The number of pyridine rings is 1. The van der Waals surface area contributed by atoms with Gasteiger partial charge in [0.25, 0.3) is 5.91 Å². The number of alkyl halides is 6. The van der Waals surface area contributed by atoms with Crippen LogP contribution in [0.3, 0.4) is 0 Å². The number of thiocarbonyl (C=S) groups is 1. The number of carbonyl (C=O) groups is 3. The van der Waals surface area contributed by atoms with Crippen molar-refractivity contribution >= 4 is 57.8 Å². The number of halogens is 6. The maximum Gasteiger partial charge on any atom is 0.416 e. The molecule has 1 saturated heterocycles. The van der Waals surface area contributed by atoms with Crippen molar-refractivity contribution in [3.05, 3.63) is 81.9 Å². The van der Waals surface area contributed by atoms with Crippen LogP contribution in [0, 0.1) is 0 Å². The summed E-state index contributed by atoms with van der Waals surface area (Å²) in [4.78, 5) is 41.6. The number of benzene rings is 2. The van der Waals surface area contributed by atoms with E-state index in [1.54, 1.807) is 0 Å². The lowest BCUT2D eigenvalue weighted by Gasteiger charge is -2.14. The molecule has 8 nitrogen and oxygen atoms in total. The van der Waals surface area contributed by atoms with Gasteiger partial charge in [-0.15, -0.1) is 0 Å². The number of aromatic hydroxyl groups is 1. The minimum Gasteiger partial charge on any atom is -0.507 e. The van der Waals surface area contributed by atoms with Crippen molar-refractivity contribution in [2.75, 3.05) is 11.9 Å². The SMILES string of the molecule is O=C(CCN1C(=O)C(=Cc2cccc(-c3cc(C(F)(F)F)cc(C(F)(F)F)c3)n2)SC1=S)Nc1ccc(C(=O)O)c(O)c1. The zero-order chi connectivity index (χ0) is 31.7. The fraction of sp³-hybridized carbons (Fsp3) is 0.148. The van der Waals surface area contributed by atoms with Gasteiger partial charge in [-0.25, -0.2) is 9.78 Å². The fourth-order valence-corrected chi connectivity index (χ4v) is 5.14. The highest BCUT2D eigenvalue weighted by Crippen LogP contribution is 2.39. The Bertz CT molecular complexity index is 1640. The van der Waals surface area contributed by atoms with Gasteiger partial charge in [0.2, 0.25) is 5.91 Å². The molecule has 3 N–H and O–H groups in total. The van der Waals surface area contributed by atoms with Gasteiger partial charge < -0.3 is 15.5 Å². The topological polar surface area (TPSA) is 120 Å². The van der Waals surface area contributed by atoms with E-state index in [0.717, 1.165) is 28.8 Å². The van der Waals surface area contributed by atoms with Crippen LogP contribution in [0.25, 0.3) is 17.3 Å². The zero-order valence-corrected chi connectivity index (χ0v) is 22.9. The molecule has 0 unspecified atom stereocenters. The molecule has 0 atom stereocenters. The summed E-state index contributed by atoms with van der Waals surface area (Å²) in [6.45, 7) is -0.148. The number of anilines is 1. The lowest BCUT2D eigenvalue weighted by molar-refractivity contribution is -0.143. The summed E-state index contributed by atoms with van der Waals surface area (Å²) < 4.78 is 79.8. The van der Waals surface area contributed by atoms with Gasteiger partial charge in [0.1, 0.15) is 15.6 Å². The number of hydrogen-bond acceptors (Lipinski definition) is 7. The van der Waals surface area contributed by atoms with Crippen LogP contribution in [0.2, 0.25) is 0 Å². The molecule has 4 rings (SSSR count). The highest BCUT2D eigenvalue weighted by Gasteiger charge is 2.37. The van der Waals surface area contributed by atoms with Crippen LogP contribution in [-0.4, -0.2) is 48.7 Å². The molecule has 0 bridgehead atoms. The summed E-state index contributed by atoms with van der Waals surface area (Å²) in [5, 5.41) is 21.2. The van der Waals surface area contributed by atoms with Crippen LogP contribution in [0.1, 0.15) is 33.6 Å². The van der Waals surface area contributed by atoms with Gasteiger partial charge in [0.15, 0.2) is 0 Å². The van der Waals surface area contributed by atoms with E-state index in [1.165, 1.54) is 30.3 Å². The van der Waals surface area contributed by atoms with Crippen molar-refractivity contribution in [2.45, 2.75) is 18.8 Å². The number of rotatable bonds is 7. The van der Waals surface area contributed by atoms with E-state index in [0.29, 0.717) is 12.1 Å². The molecule has 1 aliphatic heterocycles. The molecular formula is C27H17F6N3O5S2. The molecule has 43 heavy (non-hydrogen) atoms. The number of nitrogens with one attached hydrogen (secondary N) is 1. The first-order chi connectivity index (χ1) is 20.0. The van der Waals surface area contributed by atoms with Crippen LogP contribution in [0.15, 0.2) is 59.5 Å². The molecule has 2 heterocycles. The van der Waals surface area contributed by atoms with Gasteiger partial charge in [0.05, 0.1) is 27.4 Å². The Morgan fingerprint density at radius 2 is 1.65 bits per heavy atom. The van der Waals surface area contributed by atoms with Crippen molar-refractivity contribution < 1.29 is 50.9 Å². The predicted octanol–water partition coefficient (Wildman–Crippen LogP) is 6.42. The third-order valence-corrected chi connectivity index (χ3v) is 7.26. The molecule has 2 aromatic carbocycles. The second kappa shape index (κ2) is 12.0. The maximum atomic E-state index is 13.3. The van der Waals surface area contributed by atoms with Crippen LogP contribution < -0.4 is 5.32 Å². The van der Waals surface area contributed by atoms with E-state index in [4.69, 9.17) is 17.3 Å². The minimum atomic E-state index is -5.04. The average Bonchev–Trinajstić information content (AvgIpc) is 3.17. The number of aromatic carboxylic acids is 1. The third-order valence-electron chi connectivity index (χ3n) is 5.88. The molecule has 1 fully saturated rings. The number of carboxylic acid groups (broad SMARTS) is 1. The first kappa shape index (κ1) is 31.5. The normalized spacial score (nSPS) is 14.8. The van der Waals surface area contributed by atoms with Gasteiger partial charge >= 0.3 is 18.3 Å². The summed E-state index contributed by atoms with van der Waals surface area (Å²) in [5.74, 6) is -3.09. The van der Waals surface area contributed by atoms with E-state index in [1.807, 2.05) is 0 Å². The standard InChI is InChI=1S/C27H17F6N3O5S2/c28-26(29,30)14-8-13(9-15(10-14)27(31,32)33)19-3-1-2-16(34-19)12-21-23(39)36(25(42)43-21)7-6-22(38)35-17-4-5-18(24(40)41)20(37)11-17/h1-5,8-12,37H,6-7H2,(H,35,38)(H,40,41). The lowest BCUT2D eigenvalue weighted by Crippen LogP contribution is -2.31. The van der Waals surface area contributed by atoms with Gasteiger partial charge in [0, 0.05) is 30.3 Å². The number of carboxylic acids is 1. The summed E-state index contributed by atoms with van der Waals surface area (Å²) in [7, 11) is 0. The molecule has 0 spiro atoms. The summed E-state index contributed by atoms with van der Waals surface area (Å²) in [6, 6.07) is 8.51. The molecular weight excluding hydrogens is 624 g/mol. The van der Waals surface area contributed by atoms with Gasteiger partial charge in [-0.3, -0.25) is 14.5 Å². The highest BCUT2D eigenvalue weighted by atomic mass is 32.2. The number of carbonyl (C=O) groups excluding carboxylic acids is 2. The van der Waals surface area contributed by atoms with E-state index in [2.05, 4.69) is 10.3 Å². The maximum absolute atomic E-state index is 13.3. The molecule has 0 aliphatic carbocycles. The Morgan fingerprint density at radius 3 is 2.23 bits per heavy atom. The molecule has 0 radical (unpaired) electrons. The number of amides is 2. The second-order valence-electron chi connectivity index (χ2n) is 8.91. The van der Waals surface area contributed by atoms with E-state index in [-0.39, 0.29) is 50.9 Å². The quantitative estimate of drug-likeness (QED) is 0.154. The first-order valence-electron chi connectivity index (χ1n) is 11.9. The number of aromatic nitrogens is 1. The van der Waals surface area contributed by atoms with Gasteiger partial charge in [-0.2, -0.15) is 26.3 Å². The highest BCUT2D eigenvalue weighted by molar-refractivity contribution is 8.26. The number of nitrogens with zero attached hydrogens (tertiary/aromatic N) is 2. The third kappa shape index (κ3) is 7.50. The number of phenols is 1. The Kier molecular flexibility index (Phi) is 8.82. The van der Waals surface area contributed by atoms with Crippen molar-refractivity contribution in [1.29, 1.82) is 0 Å². The van der Waals surface area contributed by atoms with E-state index in [9.17, 15) is 45.8 Å². The minimum absolute atomic E-state index is 0.0118. The van der Waals surface area contributed by atoms with Crippen molar-refractivity contribution in [2.24, 2.45) is 0 Å². The van der Waals surface area contributed by atoms with Crippen LogP contribution in [0.5, 0.6) is 5.75 Å². The van der Waals surface area contributed by atoms with E-state index < -0.39 is 52.6 Å².